The van der Waals surface area contributed by atoms with Gasteiger partial charge in [-0.1, -0.05) is 84.9 Å². The van der Waals surface area contributed by atoms with E-state index in [0.717, 1.165) is 21.9 Å². The van der Waals surface area contributed by atoms with E-state index in [0.29, 0.717) is 38.7 Å². The summed E-state index contributed by atoms with van der Waals surface area (Å²) in [5, 5.41) is 3.07. The lowest BCUT2D eigenvalue weighted by molar-refractivity contribution is 0.360. The summed E-state index contributed by atoms with van der Waals surface area (Å²) in [4.78, 5) is 0.594. The SMILES string of the molecule is O=S(=O)(c1ccccc1)c1c2ccccc2c(-c2ccc3c(c2)Oc2ccccc2O3)c2ccccc12. The molecule has 0 amide bonds. The summed E-state index contributed by atoms with van der Waals surface area (Å²) in [7, 11) is -3.78. The largest absolute Gasteiger partial charge is 0.450 e. The van der Waals surface area contributed by atoms with Gasteiger partial charge in [-0.25, -0.2) is 8.42 Å². The lowest BCUT2D eigenvalue weighted by Gasteiger charge is -2.22. The molecule has 1 heterocycles. The van der Waals surface area contributed by atoms with Crippen molar-refractivity contribution in [3.8, 4) is 34.1 Å². The molecule has 7 rings (SSSR count). The Balaban J connectivity index is 1.52. The zero-order valence-electron chi connectivity index (χ0n) is 19.6. The fourth-order valence-electron chi connectivity index (χ4n) is 5.09. The standard InChI is InChI=1S/C32H20O4S/c33-37(34,22-10-2-1-3-11-22)32-25-14-6-4-12-23(25)31(24-13-5-7-15-26(24)32)21-18-19-29-30(20-21)36-28-17-9-8-16-27(28)35-29/h1-20H. The number of ether oxygens (including phenoxy) is 2. The van der Waals surface area contributed by atoms with Gasteiger partial charge in [-0.05, 0) is 58.3 Å². The van der Waals surface area contributed by atoms with Gasteiger partial charge in [0.1, 0.15) is 0 Å². The van der Waals surface area contributed by atoms with Gasteiger partial charge >= 0.3 is 0 Å². The molecule has 0 radical (unpaired) electrons. The summed E-state index contributed by atoms with van der Waals surface area (Å²) in [6, 6.07) is 37.4. The first kappa shape index (κ1) is 21.7. The molecule has 0 bridgehead atoms. The molecule has 0 unspecified atom stereocenters. The smallest absolute Gasteiger partial charge is 0.207 e. The predicted octanol–water partition coefficient (Wildman–Crippen LogP) is 8.39. The second-order valence-corrected chi connectivity index (χ2v) is 10.8. The van der Waals surface area contributed by atoms with Crippen molar-refractivity contribution >= 4 is 31.4 Å². The van der Waals surface area contributed by atoms with Gasteiger partial charge in [0.25, 0.3) is 0 Å². The lowest BCUT2D eigenvalue weighted by atomic mass is 9.91. The molecule has 6 aromatic rings. The van der Waals surface area contributed by atoms with Crippen molar-refractivity contribution in [3.05, 3.63) is 121 Å². The minimum atomic E-state index is -3.78. The van der Waals surface area contributed by atoms with Crippen LogP contribution in [0.15, 0.2) is 131 Å². The maximum atomic E-state index is 14.0. The molecule has 1 aliphatic heterocycles. The van der Waals surface area contributed by atoms with Crippen molar-refractivity contribution in [2.45, 2.75) is 9.79 Å². The van der Waals surface area contributed by atoms with E-state index in [9.17, 15) is 8.42 Å². The number of benzene rings is 6. The van der Waals surface area contributed by atoms with Crippen LogP contribution < -0.4 is 9.47 Å². The van der Waals surface area contributed by atoms with Gasteiger partial charge < -0.3 is 9.47 Å². The Labute approximate surface area is 214 Å². The van der Waals surface area contributed by atoms with E-state index in [1.807, 2.05) is 97.1 Å². The number of sulfone groups is 1. The average Bonchev–Trinajstić information content (AvgIpc) is 2.94. The first-order chi connectivity index (χ1) is 18.1. The molecule has 0 saturated heterocycles. The van der Waals surface area contributed by atoms with Crippen LogP contribution in [0.5, 0.6) is 23.0 Å². The van der Waals surface area contributed by atoms with Crippen LogP contribution in [-0.4, -0.2) is 8.42 Å². The fraction of sp³-hybridized carbons (Fsp3) is 0. The Morgan fingerprint density at radius 3 is 1.57 bits per heavy atom. The van der Waals surface area contributed by atoms with E-state index >= 15 is 0 Å². The molecule has 0 fully saturated rings. The van der Waals surface area contributed by atoms with Crippen LogP contribution in [0.2, 0.25) is 0 Å². The summed E-state index contributed by atoms with van der Waals surface area (Å²) in [6.45, 7) is 0. The Kier molecular flexibility index (Phi) is 4.81. The van der Waals surface area contributed by atoms with Gasteiger partial charge in [-0.15, -0.1) is 0 Å². The van der Waals surface area contributed by atoms with Crippen LogP contribution in [-0.2, 0) is 9.84 Å². The van der Waals surface area contributed by atoms with E-state index in [4.69, 9.17) is 9.47 Å². The summed E-state index contributed by atoms with van der Waals surface area (Å²) < 4.78 is 40.2. The van der Waals surface area contributed by atoms with Crippen molar-refractivity contribution < 1.29 is 17.9 Å². The monoisotopic (exact) mass is 500 g/mol. The highest BCUT2D eigenvalue weighted by molar-refractivity contribution is 7.92. The van der Waals surface area contributed by atoms with Crippen LogP contribution in [0.3, 0.4) is 0 Å². The zero-order chi connectivity index (χ0) is 25.0. The topological polar surface area (TPSA) is 52.6 Å². The van der Waals surface area contributed by atoms with Gasteiger partial charge in [0, 0.05) is 10.8 Å². The van der Waals surface area contributed by atoms with E-state index in [1.54, 1.807) is 24.3 Å². The Hall–Kier alpha value is -4.61. The highest BCUT2D eigenvalue weighted by Gasteiger charge is 2.26. The first-order valence-corrected chi connectivity index (χ1v) is 13.4. The normalized spacial score (nSPS) is 12.4. The molecule has 5 heteroatoms. The minimum Gasteiger partial charge on any atom is -0.450 e. The van der Waals surface area contributed by atoms with Crippen molar-refractivity contribution in [2.24, 2.45) is 0 Å². The van der Waals surface area contributed by atoms with Crippen molar-refractivity contribution in [2.75, 3.05) is 0 Å². The molecule has 4 nitrogen and oxygen atoms in total. The minimum absolute atomic E-state index is 0.274. The van der Waals surface area contributed by atoms with E-state index in [1.165, 1.54) is 0 Å². The van der Waals surface area contributed by atoms with Crippen molar-refractivity contribution in [1.29, 1.82) is 0 Å². The molecule has 37 heavy (non-hydrogen) atoms. The van der Waals surface area contributed by atoms with Crippen LogP contribution in [0, 0.1) is 0 Å². The summed E-state index contributed by atoms with van der Waals surface area (Å²) in [6.07, 6.45) is 0. The van der Waals surface area contributed by atoms with Gasteiger partial charge in [0.05, 0.1) is 9.79 Å². The molecule has 1 aliphatic rings. The van der Waals surface area contributed by atoms with Gasteiger partial charge in [-0.3, -0.25) is 0 Å². The summed E-state index contributed by atoms with van der Waals surface area (Å²) in [5.74, 6) is 2.59. The van der Waals surface area contributed by atoms with Gasteiger partial charge in [-0.2, -0.15) is 0 Å². The number of fused-ring (bicyclic) bond motifs is 4. The Bertz CT molecular complexity index is 1890. The van der Waals surface area contributed by atoms with E-state index in [2.05, 4.69) is 0 Å². The molecule has 178 valence electrons. The maximum absolute atomic E-state index is 14.0. The quantitative estimate of drug-likeness (QED) is 0.229. The lowest BCUT2D eigenvalue weighted by Crippen LogP contribution is -2.05. The molecular formula is C32H20O4S. The maximum Gasteiger partial charge on any atom is 0.207 e. The fourth-order valence-corrected chi connectivity index (χ4v) is 6.78. The number of rotatable bonds is 3. The Morgan fingerprint density at radius 1 is 0.459 bits per heavy atom. The van der Waals surface area contributed by atoms with Crippen molar-refractivity contribution in [1.82, 2.24) is 0 Å². The van der Waals surface area contributed by atoms with Crippen LogP contribution in [0.1, 0.15) is 0 Å². The Morgan fingerprint density at radius 2 is 0.946 bits per heavy atom. The molecule has 0 aliphatic carbocycles. The highest BCUT2D eigenvalue weighted by atomic mass is 32.2. The molecule has 0 aromatic heterocycles. The van der Waals surface area contributed by atoms with Crippen LogP contribution in [0.4, 0.5) is 0 Å². The molecular weight excluding hydrogens is 480 g/mol. The van der Waals surface area contributed by atoms with Crippen LogP contribution in [0.25, 0.3) is 32.7 Å². The number of hydrogen-bond acceptors (Lipinski definition) is 4. The first-order valence-electron chi connectivity index (χ1n) is 11.9. The van der Waals surface area contributed by atoms with Gasteiger partial charge in [0.2, 0.25) is 9.84 Å². The third-order valence-electron chi connectivity index (χ3n) is 6.73. The number of hydrogen-bond donors (Lipinski definition) is 0. The second kappa shape index (κ2) is 8.22. The third kappa shape index (κ3) is 3.39. The molecule has 0 atom stereocenters. The zero-order valence-corrected chi connectivity index (χ0v) is 20.4. The summed E-state index contributed by atoms with van der Waals surface area (Å²) >= 11 is 0. The molecule has 0 N–H and O–H groups in total. The summed E-state index contributed by atoms with van der Waals surface area (Å²) in [5.41, 5.74) is 1.86. The average molecular weight is 501 g/mol. The molecule has 0 spiro atoms. The van der Waals surface area contributed by atoms with Crippen molar-refractivity contribution in [3.63, 3.8) is 0 Å². The van der Waals surface area contributed by atoms with Crippen LogP contribution >= 0.6 is 0 Å². The van der Waals surface area contributed by atoms with Gasteiger partial charge in [0.15, 0.2) is 23.0 Å². The number of para-hydroxylation sites is 2. The third-order valence-corrected chi connectivity index (χ3v) is 8.60. The highest BCUT2D eigenvalue weighted by Crippen LogP contribution is 2.48. The van der Waals surface area contributed by atoms with E-state index in [-0.39, 0.29) is 4.90 Å². The second-order valence-electron chi connectivity index (χ2n) is 8.92. The predicted molar refractivity (Wildman–Crippen MR) is 145 cm³/mol. The molecule has 6 aromatic carbocycles. The molecule has 0 saturated carbocycles. The van der Waals surface area contributed by atoms with E-state index < -0.39 is 9.84 Å².